The summed E-state index contributed by atoms with van der Waals surface area (Å²) in [5, 5.41) is 1.30. The summed E-state index contributed by atoms with van der Waals surface area (Å²) in [6.07, 6.45) is 1.65. The standard InChI is InChI=1S/C20H16BrN3O2S/c1-2-24-19(25)16-10-14(21)8-9-17(16)23-20(24)27-12-15-11-26-18(22-15)13-6-4-3-5-7-13/h3-11H,2,12H2,1H3. The van der Waals surface area contributed by atoms with Crippen molar-refractivity contribution in [2.24, 2.45) is 0 Å². The van der Waals surface area contributed by atoms with Crippen LogP contribution in [0.25, 0.3) is 22.4 Å². The van der Waals surface area contributed by atoms with Crippen molar-refractivity contribution in [3.8, 4) is 11.5 Å². The van der Waals surface area contributed by atoms with Gasteiger partial charge in [0, 0.05) is 22.3 Å². The molecule has 7 heteroatoms. The molecule has 0 N–H and O–H groups in total. The maximum absolute atomic E-state index is 12.8. The minimum Gasteiger partial charge on any atom is -0.444 e. The Bertz CT molecular complexity index is 1160. The van der Waals surface area contributed by atoms with Gasteiger partial charge in [-0.05, 0) is 37.3 Å². The van der Waals surface area contributed by atoms with Gasteiger partial charge < -0.3 is 4.42 Å². The van der Waals surface area contributed by atoms with Gasteiger partial charge in [0.15, 0.2) is 5.16 Å². The van der Waals surface area contributed by atoms with Gasteiger partial charge in [0.25, 0.3) is 5.56 Å². The van der Waals surface area contributed by atoms with E-state index in [-0.39, 0.29) is 5.56 Å². The molecule has 0 atom stereocenters. The van der Waals surface area contributed by atoms with E-state index in [0.717, 1.165) is 15.7 Å². The molecule has 2 aromatic carbocycles. The molecule has 0 aliphatic heterocycles. The van der Waals surface area contributed by atoms with Crippen LogP contribution in [-0.4, -0.2) is 14.5 Å². The number of rotatable bonds is 5. The normalized spacial score (nSPS) is 11.2. The molecule has 0 aliphatic rings. The largest absolute Gasteiger partial charge is 0.444 e. The highest BCUT2D eigenvalue weighted by Gasteiger charge is 2.13. The summed E-state index contributed by atoms with van der Waals surface area (Å²) in [4.78, 5) is 22.0. The highest BCUT2D eigenvalue weighted by Crippen LogP contribution is 2.25. The van der Waals surface area contributed by atoms with Crippen LogP contribution in [0.2, 0.25) is 0 Å². The van der Waals surface area contributed by atoms with Crippen LogP contribution < -0.4 is 5.56 Å². The van der Waals surface area contributed by atoms with Gasteiger partial charge in [0.2, 0.25) is 5.89 Å². The summed E-state index contributed by atoms with van der Waals surface area (Å²) in [5.74, 6) is 1.17. The van der Waals surface area contributed by atoms with Crippen molar-refractivity contribution in [2.45, 2.75) is 24.4 Å². The summed E-state index contributed by atoms with van der Waals surface area (Å²) in [6, 6.07) is 15.3. The molecule has 0 aliphatic carbocycles. The van der Waals surface area contributed by atoms with E-state index in [9.17, 15) is 4.79 Å². The highest BCUT2D eigenvalue weighted by atomic mass is 79.9. The van der Waals surface area contributed by atoms with Gasteiger partial charge in [-0.2, -0.15) is 0 Å². The van der Waals surface area contributed by atoms with E-state index >= 15 is 0 Å². The first kappa shape index (κ1) is 18.0. The van der Waals surface area contributed by atoms with Gasteiger partial charge >= 0.3 is 0 Å². The zero-order chi connectivity index (χ0) is 18.8. The number of fused-ring (bicyclic) bond motifs is 1. The van der Waals surface area contributed by atoms with Gasteiger partial charge in [-0.1, -0.05) is 45.9 Å². The SMILES string of the molecule is CCn1c(SCc2coc(-c3ccccc3)n2)nc2ccc(Br)cc2c1=O. The van der Waals surface area contributed by atoms with Gasteiger partial charge in [-0.3, -0.25) is 9.36 Å². The molecule has 5 nitrogen and oxygen atoms in total. The zero-order valence-corrected chi connectivity index (χ0v) is 17.0. The quantitative estimate of drug-likeness (QED) is 0.317. The molecule has 0 bridgehead atoms. The first-order valence-electron chi connectivity index (χ1n) is 8.48. The third kappa shape index (κ3) is 3.70. The summed E-state index contributed by atoms with van der Waals surface area (Å²) in [7, 11) is 0. The van der Waals surface area contributed by atoms with E-state index in [1.807, 2.05) is 55.5 Å². The Labute approximate surface area is 168 Å². The predicted octanol–water partition coefficient (Wildman–Crippen LogP) is 5.13. The van der Waals surface area contributed by atoms with Crippen LogP contribution >= 0.6 is 27.7 Å². The number of halogens is 1. The Morgan fingerprint density at radius 2 is 1.96 bits per heavy atom. The first-order chi connectivity index (χ1) is 13.2. The second kappa shape index (κ2) is 7.70. The lowest BCUT2D eigenvalue weighted by Gasteiger charge is -2.10. The number of hydrogen-bond acceptors (Lipinski definition) is 5. The van der Waals surface area contributed by atoms with Gasteiger partial charge in [0.05, 0.1) is 16.6 Å². The Morgan fingerprint density at radius 3 is 2.74 bits per heavy atom. The Hall–Kier alpha value is -2.38. The van der Waals surface area contributed by atoms with E-state index in [4.69, 9.17) is 4.42 Å². The third-order valence-electron chi connectivity index (χ3n) is 4.12. The van der Waals surface area contributed by atoms with Crippen LogP contribution in [0.4, 0.5) is 0 Å². The smallest absolute Gasteiger partial charge is 0.262 e. The van der Waals surface area contributed by atoms with Crippen LogP contribution in [0.5, 0.6) is 0 Å². The maximum Gasteiger partial charge on any atom is 0.262 e. The number of nitrogens with zero attached hydrogens (tertiary/aromatic N) is 3. The average molecular weight is 442 g/mol. The minimum absolute atomic E-state index is 0.0311. The van der Waals surface area contributed by atoms with Crippen LogP contribution in [0, 0.1) is 0 Å². The number of aromatic nitrogens is 3. The van der Waals surface area contributed by atoms with Crippen molar-refractivity contribution in [1.29, 1.82) is 0 Å². The van der Waals surface area contributed by atoms with Gasteiger partial charge in [-0.15, -0.1) is 0 Å². The topological polar surface area (TPSA) is 60.9 Å². The molecule has 0 saturated heterocycles. The highest BCUT2D eigenvalue weighted by molar-refractivity contribution is 9.10. The van der Waals surface area contributed by atoms with E-state index in [2.05, 4.69) is 25.9 Å². The number of hydrogen-bond donors (Lipinski definition) is 0. The fraction of sp³-hybridized carbons (Fsp3) is 0.150. The van der Waals surface area contributed by atoms with Gasteiger partial charge in [0.1, 0.15) is 6.26 Å². The van der Waals surface area contributed by atoms with Crippen LogP contribution in [0.3, 0.4) is 0 Å². The molecule has 0 spiro atoms. The molecule has 0 amide bonds. The molecule has 2 aromatic heterocycles. The first-order valence-corrected chi connectivity index (χ1v) is 10.3. The number of benzene rings is 2. The second-order valence-electron chi connectivity index (χ2n) is 5.90. The van der Waals surface area contributed by atoms with Crippen molar-refractivity contribution in [3.05, 3.63) is 75.3 Å². The summed E-state index contributed by atoms with van der Waals surface area (Å²) in [5.41, 5.74) is 2.41. The van der Waals surface area contributed by atoms with Gasteiger partial charge in [-0.25, -0.2) is 9.97 Å². The molecule has 136 valence electrons. The third-order valence-corrected chi connectivity index (χ3v) is 5.62. The molecule has 0 saturated carbocycles. The van der Waals surface area contributed by atoms with E-state index in [0.29, 0.717) is 34.2 Å². The lowest BCUT2D eigenvalue weighted by atomic mass is 10.2. The molecule has 4 rings (SSSR count). The number of thioether (sulfide) groups is 1. The molecule has 0 unspecified atom stereocenters. The molecule has 0 radical (unpaired) electrons. The Morgan fingerprint density at radius 1 is 1.15 bits per heavy atom. The van der Waals surface area contributed by atoms with Crippen molar-refractivity contribution < 1.29 is 4.42 Å². The van der Waals surface area contributed by atoms with E-state index in [1.165, 1.54) is 11.8 Å². The van der Waals surface area contributed by atoms with Crippen LogP contribution in [0.1, 0.15) is 12.6 Å². The summed E-state index contributed by atoms with van der Waals surface area (Å²) >= 11 is 4.90. The minimum atomic E-state index is -0.0311. The molecular weight excluding hydrogens is 426 g/mol. The Balaban J connectivity index is 1.62. The maximum atomic E-state index is 12.8. The van der Waals surface area contributed by atoms with E-state index < -0.39 is 0 Å². The van der Waals surface area contributed by atoms with Crippen molar-refractivity contribution in [1.82, 2.24) is 14.5 Å². The lowest BCUT2D eigenvalue weighted by Crippen LogP contribution is -2.22. The molecule has 0 fully saturated rings. The lowest BCUT2D eigenvalue weighted by molar-refractivity contribution is 0.573. The molecule has 27 heavy (non-hydrogen) atoms. The Kier molecular flexibility index (Phi) is 5.13. The zero-order valence-electron chi connectivity index (χ0n) is 14.6. The molecular formula is C20H16BrN3O2S. The summed E-state index contributed by atoms with van der Waals surface area (Å²) < 4.78 is 8.14. The van der Waals surface area contributed by atoms with Crippen molar-refractivity contribution in [3.63, 3.8) is 0 Å². The molecule has 4 aromatic rings. The predicted molar refractivity (Wildman–Crippen MR) is 111 cm³/mol. The van der Waals surface area contributed by atoms with Crippen molar-refractivity contribution >= 4 is 38.6 Å². The van der Waals surface area contributed by atoms with E-state index in [1.54, 1.807) is 10.8 Å². The molecule has 2 heterocycles. The van der Waals surface area contributed by atoms with Crippen molar-refractivity contribution in [2.75, 3.05) is 0 Å². The second-order valence-corrected chi connectivity index (χ2v) is 7.76. The van der Waals surface area contributed by atoms with Crippen LogP contribution in [0.15, 0.2) is 73.6 Å². The summed E-state index contributed by atoms with van der Waals surface area (Å²) in [6.45, 7) is 2.51. The fourth-order valence-electron chi connectivity index (χ4n) is 2.79. The monoisotopic (exact) mass is 441 g/mol. The van der Waals surface area contributed by atoms with Crippen LogP contribution in [-0.2, 0) is 12.3 Å². The number of oxazole rings is 1. The fourth-order valence-corrected chi connectivity index (χ4v) is 4.09. The average Bonchev–Trinajstić information content (AvgIpc) is 3.17.